The van der Waals surface area contributed by atoms with Crippen LogP contribution < -0.4 is 10.6 Å². The van der Waals surface area contributed by atoms with Crippen molar-refractivity contribution in [3.63, 3.8) is 0 Å². The van der Waals surface area contributed by atoms with Gasteiger partial charge in [-0.15, -0.1) is 0 Å². The molecule has 1 atom stereocenters. The molecule has 0 amide bonds. The van der Waals surface area contributed by atoms with Crippen LogP contribution in [0.5, 0.6) is 0 Å². The molecule has 82 valence electrons. The van der Waals surface area contributed by atoms with E-state index in [0.717, 1.165) is 24.5 Å². The first-order chi connectivity index (χ1) is 7.17. The van der Waals surface area contributed by atoms with E-state index in [1.807, 2.05) is 11.8 Å². The third kappa shape index (κ3) is 1.61. The van der Waals surface area contributed by atoms with Crippen LogP contribution in [-0.4, -0.2) is 34.8 Å². The fourth-order valence-corrected chi connectivity index (χ4v) is 2.24. The molecule has 1 aromatic rings. The second kappa shape index (κ2) is 3.83. The molecule has 0 aliphatic carbocycles. The van der Waals surface area contributed by atoms with Gasteiger partial charge in [-0.2, -0.15) is 4.98 Å². The van der Waals surface area contributed by atoms with Gasteiger partial charge in [-0.05, 0) is 6.92 Å². The highest BCUT2D eigenvalue weighted by Gasteiger charge is 2.32. The van der Waals surface area contributed by atoms with E-state index in [2.05, 4.69) is 9.97 Å². The molecule has 0 radical (unpaired) electrons. The summed E-state index contributed by atoms with van der Waals surface area (Å²) in [6, 6.07) is 0. The average molecular weight is 229 g/mol. The van der Waals surface area contributed by atoms with Crippen molar-refractivity contribution in [2.75, 3.05) is 30.3 Å². The maximum absolute atomic E-state index is 9.25. The maximum Gasteiger partial charge on any atom is 0.223 e. The van der Waals surface area contributed by atoms with Crippen molar-refractivity contribution < 1.29 is 5.11 Å². The number of anilines is 2. The molecule has 1 aliphatic heterocycles. The Morgan fingerprint density at radius 1 is 1.60 bits per heavy atom. The van der Waals surface area contributed by atoms with Crippen molar-refractivity contribution in [2.24, 2.45) is 0 Å². The Morgan fingerprint density at radius 3 is 2.93 bits per heavy atom. The molecule has 1 aliphatic rings. The highest BCUT2D eigenvalue weighted by molar-refractivity contribution is 6.30. The number of aliphatic hydroxyl groups excluding tert-OH is 1. The molecule has 2 heterocycles. The number of rotatable bonds is 2. The van der Waals surface area contributed by atoms with E-state index in [-0.39, 0.29) is 18.5 Å². The molecular weight excluding hydrogens is 216 g/mol. The van der Waals surface area contributed by atoms with E-state index in [0.29, 0.717) is 5.15 Å². The second-order valence-corrected chi connectivity index (χ2v) is 3.89. The van der Waals surface area contributed by atoms with Gasteiger partial charge < -0.3 is 15.7 Å². The van der Waals surface area contributed by atoms with Crippen LogP contribution in [0.1, 0.15) is 18.4 Å². The minimum atomic E-state index is -0.00644. The molecule has 2 rings (SSSR count). The zero-order chi connectivity index (χ0) is 11.0. The highest BCUT2D eigenvalue weighted by atomic mass is 35.5. The van der Waals surface area contributed by atoms with Crippen LogP contribution in [-0.2, 0) is 0 Å². The number of nitrogen functional groups attached to an aromatic ring is 1. The van der Waals surface area contributed by atoms with Gasteiger partial charge in [-0.3, -0.25) is 0 Å². The number of hydrogen-bond acceptors (Lipinski definition) is 5. The van der Waals surface area contributed by atoms with Gasteiger partial charge in [0.15, 0.2) is 0 Å². The van der Waals surface area contributed by atoms with Gasteiger partial charge in [0, 0.05) is 24.6 Å². The Labute approximate surface area is 92.9 Å². The summed E-state index contributed by atoms with van der Waals surface area (Å²) >= 11 is 6.00. The van der Waals surface area contributed by atoms with E-state index < -0.39 is 0 Å². The van der Waals surface area contributed by atoms with Gasteiger partial charge in [-0.25, -0.2) is 4.98 Å². The van der Waals surface area contributed by atoms with Gasteiger partial charge in [0.2, 0.25) is 5.95 Å². The molecule has 0 aromatic carbocycles. The normalized spacial score (nSPS) is 19.4. The number of nitrogens with zero attached hydrogens (tertiary/aromatic N) is 3. The SMILES string of the molecule is CCN1C[C@H](CO)c2c(Cl)nc(N)nc21. The Bertz CT molecular complexity index is 385. The van der Waals surface area contributed by atoms with Gasteiger partial charge in [0.05, 0.1) is 6.61 Å². The summed E-state index contributed by atoms with van der Waals surface area (Å²) < 4.78 is 0. The fraction of sp³-hybridized carbons (Fsp3) is 0.556. The van der Waals surface area contributed by atoms with E-state index >= 15 is 0 Å². The Morgan fingerprint density at radius 2 is 2.33 bits per heavy atom. The van der Waals surface area contributed by atoms with Crippen LogP contribution in [0.4, 0.5) is 11.8 Å². The van der Waals surface area contributed by atoms with E-state index in [4.69, 9.17) is 17.3 Å². The second-order valence-electron chi connectivity index (χ2n) is 3.53. The quantitative estimate of drug-likeness (QED) is 0.727. The fourth-order valence-electron chi connectivity index (χ4n) is 1.91. The maximum atomic E-state index is 9.25. The number of nitrogens with two attached hydrogens (primary N) is 1. The topological polar surface area (TPSA) is 75.3 Å². The standard InChI is InChI=1S/C9H13ClN4O/c1-2-14-3-5(4-15)6-7(10)12-9(11)13-8(6)14/h5,15H,2-4H2,1H3,(H2,11,12,13)/t5-/m1/s1. The molecule has 3 N–H and O–H groups in total. The third-order valence-corrected chi connectivity index (χ3v) is 2.94. The first kappa shape index (κ1) is 10.4. The van der Waals surface area contributed by atoms with Crippen LogP contribution in [0.15, 0.2) is 0 Å². The van der Waals surface area contributed by atoms with Crippen LogP contribution in [0.25, 0.3) is 0 Å². The van der Waals surface area contributed by atoms with E-state index in [1.165, 1.54) is 0 Å². The summed E-state index contributed by atoms with van der Waals surface area (Å²) in [5, 5.41) is 9.60. The molecule has 6 heteroatoms. The average Bonchev–Trinajstić information content (AvgIpc) is 2.55. The lowest BCUT2D eigenvalue weighted by atomic mass is 10.1. The summed E-state index contributed by atoms with van der Waals surface area (Å²) in [5.41, 5.74) is 6.35. The smallest absolute Gasteiger partial charge is 0.223 e. The van der Waals surface area contributed by atoms with Crippen LogP contribution in [0.3, 0.4) is 0 Å². The first-order valence-electron chi connectivity index (χ1n) is 4.86. The number of halogens is 1. The number of hydrogen-bond donors (Lipinski definition) is 2. The minimum absolute atomic E-state index is 0.00644. The Kier molecular flexibility index (Phi) is 2.67. The predicted octanol–water partition coefficient (Wildman–Crippen LogP) is 0.628. The lowest BCUT2D eigenvalue weighted by Gasteiger charge is -2.15. The lowest BCUT2D eigenvalue weighted by Crippen LogP contribution is -2.22. The van der Waals surface area contributed by atoms with Gasteiger partial charge >= 0.3 is 0 Å². The van der Waals surface area contributed by atoms with Crippen molar-refractivity contribution in [2.45, 2.75) is 12.8 Å². The van der Waals surface area contributed by atoms with E-state index in [9.17, 15) is 5.11 Å². The molecule has 0 saturated heterocycles. The molecule has 0 fully saturated rings. The van der Waals surface area contributed by atoms with Gasteiger partial charge in [0.1, 0.15) is 11.0 Å². The van der Waals surface area contributed by atoms with Crippen LogP contribution in [0.2, 0.25) is 5.15 Å². The van der Waals surface area contributed by atoms with Crippen molar-refractivity contribution >= 4 is 23.4 Å². The Balaban J connectivity index is 2.53. The number of likely N-dealkylation sites (N-methyl/N-ethyl adjacent to an activating group) is 1. The monoisotopic (exact) mass is 228 g/mol. The Hall–Kier alpha value is -1.07. The molecule has 1 aromatic heterocycles. The van der Waals surface area contributed by atoms with Crippen molar-refractivity contribution in [3.05, 3.63) is 10.7 Å². The summed E-state index contributed by atoms with van der Waals surface area (Å²) in [4.78, 5) is 10.1. The molecule has 0 unspecified atom stereocenters. The van der Waals surface area contributed by atoms with Crippen molar-refractivity contribution in [1.82, 2.24) is 9.97 Å². The third-order valence-electron chi connectivity index (χ3n) is 2.65. The van der Waals surface area contributed by atoms with Gasteiger partial charge in [0.25, 0.3) is 0 Å². The summed E-state index contributed by atoms with van der Waals surface area (Å²) in [6.07, 6.45) is 0. The number of fused-ring (bicyclic) bond motifs is 1. The molecule has 15 heavy (non-hydrogen) atoms. The predicted molar refractivity (Wildman–Crippen MR) is 59.2 cm³/mol. The van der Waals surface area contributed by atoms with E-state index in [1.54, 1.807) is 0 Å². The molecular formula is C9H13ClN4O. The van der Waals surface area contributed by atoms with Crippen molar-refractivity contribution in [1.29, 1.82) is 0 Å². The lowest BCUT2D eigenvalue weighted by molar-refractivity contribution is 0.270. The summed E-state index contributed by atoms with van der Waals surface area (Å²) in [7, 11) is 0. The molecule has 0 bridgehead atoms. The van der Waals surface area contributed by atoms with Gasteiger partial charge in [-0.1, -0.05) is 11.6 Å². The summed E-state index contributed by atoms with van der Waals surface area (Å²) in [5.74, 6) is 0.929. The first-order valence-corrected chi connectivity index (χ1v) is 5.23. The van der Waals surface area contributed by atoms with Crippen molar-refractivity contribution in [3.8, 4) is 0 Å². The van der Waals surface area contributed by atoms with Crippen LogP contribution >= 0.6 is 11.6 Å². The number of aromatic nitrogens is 2. The van der Waals surface area contributed by atoms with Crippen LogP contribution in [0, 0.1) is 0 Å². The highest BCUT2D eigenvalue weighted by Crippen LogP contribution is 2.38. The zero-order valence-electron chi connectivity index (χ0n) is 8.44. The molecule has 0 saturated carbocycles. The summed E-state index contributed by atoms with van der Waals surface area (Å²) in [6.45, 7) is 3.61. The minimum Gasteiger partial charge on any atom is -0.396 e. The zero-order valence-corrected chi connectivity index (χ0v) is 9.20. The molecule has 0 spiro atoms. The molecule has 5 nitrogen and oxygen atoms in total. The largest absolute Gasteiger partial charge is 0.396 e. The number of aliphatic hydroxyl groups is 1.